The number of allylic oxidation sites excluding steroid dienone is 11. The van der Waals surface area contributed by atoms with Crippen LogP contribution in [0.5, 0.6) is 0 Å². The highest BCUT2D eigenvalue weighted by Crippen LogP contribution is 2.26. The van der Waals surface area contributed by atoms with E-state index in [-0.39, 0.29) is 19.4 Å². The molecule has 0 radical (unpaired) electrons. The van der Waals surface area contributed by atoms with Crippen LogP contribution in [0.25, 0.3) is 0 Å². The summed E-state index contributed by atoms with van der Waals surface area (Å²) in [7, 11) is 0. The summed E-state index contributed by atoms with van der Waals surface area (Å²) in [6.07, 6.45) is 46.6. The van der Waals surface area contributed by atoms with E-state index in [9.17, 15) is 35.1 Å². The standard InChI is InChI=1S/C58H101NO10/c1-4-7-10-13-16-19-22-25-28-30-33-36-39-42-45-51(62)57(66)59-49(50(61)44-41-38-35-32-29-26-23-20-17-14-11-8-5-2)48-67-58-56(55(65)54(64)52(47-60)68-58)69-53(63)46-43-40-37-34-31-27-24-21-18-15-12-9-6-3/h7,10,13,16,19,22,25,27-28,31,41,44,49-52,54-56,58,60-62,64-65H,4-6,8-9,11-12,14-15,17-18,20-21,23-24,26,29-30,32-40,42-43,45-48H2,1-3H3,(H,59,66)/b10-7+,16-13+,22-19+,28-25-,31-27-,44-41+. The highest BCUT2D eigenvalue weighted by atomic mass is 16.7. The van der Waals surface area contributed by atoms with Crippen molar-refractivity contribution in [3.05, 3.63) is 72.9 Å². The number of nitrogens with one attached hydrogen (secondary N) is 1. The van der Waals surface area contributed by atoms with Crippen LogP contribution in [0.1, 0.15) is 220 Å². The van der Waals surface area contributed by atoms with Crippen molar-refractivity contribution in [3.63, 3.8) is 0 Å². The van der Waals surface area contributed by atoms with Crippen LogP contribution in [-0.4, -0.2) is 99.6 Å². The van der Waals surface area contributed by atoms with Crippen LogP contribution in [-0.2, 0) is 23.8 Å². The zero-order valence-corrected chi connectivity index (χ0v) is 43.7. The predicted molar refractivity (Wildman–Crippen MR) is 283 cm³/mol. The summed E-state index contributed by atoms with van der Waals surface area (Å²) in [5.41, 5.74) is 0. The van der Waals surface area contributed by atoms with Crippen LogP contribution in [0, 0.1) is 0 Å². The summed E-state index contributed by atoms with van der Waals surface area (Å²) < 4.78 is 17.5. The topological polar surface area (TPSA) is 175 Å². The molecule has 6 N–H and O–H groups in total. The highest BCUT2D eigenvalue weighted by Gasteiger charge is 2.47. The molecule has 1 aliphatic rings. The lowest BCUT2D eigenvalue weighted by molar-refractivity contribution is -0.305. The van der Waals surface area contributed by atoms with Crippen molar-refractivity contribution in [3.8, 4) is 0 Å². The molecular weight excluding hydrogens is 871 g/mol. The second kappa shape index (κ2) is 46.2. The number of amides is 1. The summed E-state index contributed by atoms with van der Waals surface area (Å²) in [4.78, 5) is 26.4. The molecule has 0 aromatic carbocycles. The molecule has 11 heteroatoms. The summed E-state index contributed by atoms with van der Waals surface area (Å²) >= 11 is 0. The van der Waals surface area contributed by atoms with Crippen LogP contribution in [0.2, 0.25) is 0 Å². The Morgan fingerprint density at radius 2 is 1.06 bits per heavy atom. The molecule has 0 aliphatic carbocycles. The number of hydrogen-bond acceptors (Lipinski definition) is 10. The minimum Gasteiger partial charge on any atom is -0.454 e. The van der Waals surface area contributed by atoms with Crippen LogP contribution < -0.4 is 5.32 Å². The van der Waals surface area contributed by atoms with Gasteiger partial charge in [0.15, 0.2) is 12.4 Å². The normalized spacial score (nSPS) is 20.4. The molecule has 1 amide bonds. The summed E-state index contributed by atoms with van der Waals surface area (Å²) in [6, 6.07) is -1.04. The molecule has 0 aromatic rings. The highest BCUT2D eigenvalue weighted by molar-refractivity contribution is 5.80. The SMILES string of the molecule is CC/C=C/C=C/C=C/C=C\CCCCCCC(O)C(=O)NC(COC1OC(CO)C(O)C(O)C1OC(=O)CCCCC/C=C\CCCCCCCC)C(O)/C=C/CCCCCCCCCCCCC. The lowest BCUT2D eigenvalue weighted by Gasteiger charge is -2.41. The van der Waals surface area contributed by atoms with E-state index in [1.165, 1.54) is 96.3 Å². The maximum atomic E-state index is 13.3. The van der Waals surface area contributed by atoms with Gasteiger partial charge in [-0.15, -0.1) is 0 Å². The Balaban J connectivity index is 2.80. The van der Waals surface area contributed by atoms with Crippen LogP contribution in [0.3, 0.4) is 0 Å². The van der Waals surface area contributed by atoms with Gasteiger partial charge in [-0.25, -0.2) is 0 Å². The molecule has 8 unspecified atom stereocenters. The van der Waals surface area contributed by atoms with Gasteiger partial charge in [-0.2, -0.15) is 0 Å². The number of rotatable bonds is 45. The van der Waals surface area contributed by atoms with Crippen molar-refractivity contribution in [2.24, 2.45) is 0 Å². The van der Waals surface area contributed by atoms with Gasteiger partial charge in [0, 0.05) is 6.42 Å². The Morgan fingerprint density at radius 3 is 1.61 bits per heavy atom. The lowest BCUT2D eigenvalue weighted by atomic mass is 9.99. The zero-order valence-electron chi connectivity index (χ0n) is 43.7. The number of aliphatic hydroxyl groups excluding tert-OH is 5. The Bertz CT molecular complexity index is 1390. The molecule has 1 heterocycles. The van der Waals surface area contributed by atoms with Gasteiger partial charge in [-0.3, -0.25) is 9.59 Å². The lowest BCUT2D eigenvalue weighted by Crippen LogP contribution is -2.61. The molecule has 1 fully saturated rings. The Hall–Kier alpha value is -2.90. The van der Waals surface area contributed by atoms with Gasteiger partial charge < -0.3 is 45.1 Å². The molecule has 1 rings (SSSR count). The predicted octanol–water partition coefficient (Wildman–Crippen LogP) is 12.1. The number of aliphatic hydroxyl groups is 5. The maximum Gasteiger partial charge on any atom is 0.306 e. The second-order valence-corrected chi connectivity index (χ2v) is 19.0. The van der Waals surface area contributed by atoms with E-state index in [1.807, 2.05) is 42.5 Å². The van der Waals surface area contributed by atoms with E-state index in [2.05, 4.69) is 50.4 Å². The first-order valence-corrected chi connectivity index (χ1v) is 27.8. The molecule has 0 bridgehead atoms. The van der Waals surface area contributed by atoms with Crippen LogP contribution >= 0.6 is 0 Å². The average molecular weight is 972 g/mol. The van der Waals surface area contributed by atoms with Gasteiger partial charge in [0.2, 0.25) is 5.91 Å². The minimum absolute atomic E-state index is 0.0976. The van der Waals surface area contributed by atoms with Gasteiger partial charge in [0.05, 0.1) is 25.4 Å². The summed E-state index contributed by atoms with van der Waals surface area (Å²) in [5.74, 6) is -1.24. The van der Waals surface area contributed by atoms with E-state index in [0.29, 0.717) is 12.8 Å². The smallest absolute Gasteiger partial charge is 0.306 e. The van der Waals surface area contributed by atoms with Gasteiger partial charge >= 0.3 is 5.97 Å². The number of carbonyl (C=O) groups is 2. The molecule has 398 valence electrons. The van der Waals surface area contributed by atoms with Crippen molar-refractivity contribution in [2.75, 3.05) is 13.2 Å². The summed E-state index contributed by atoms with van der Waals surface area (Å²) in [6.45, 7) is 5.59. The van der Waals surface area contributed by atoms with Crippen molar-refractivity contribution in [1.82, 2.24) is 5.32 Å². The number of unbranched alkanes of at least 4 members (excludes halogenated alkanes) is 24. The van der Waals surface area contributed by atoms with Gasteiger partial charge in [0.1, 0.15) is 24.4 Å². The van der Waals surface area contributed by atoms with Crippen molar-refractivity contribution < 1.29 is 49.3 Å². The van der Waals surface area contributed by atoms with Crippen molar-refractivity contribution in [2.45, 2.75) is 269 Å². The third kappa shape index (κ3) is 35.0. The molecule has 0 aromatic heterocycles. The van der Waals surface area contributed by atoms with E-state index in [0.717, 1.165) is 77.0 Å². The molecule has 0 spiro atoms. The number of ether oxygens (including phenoxy) is 3. The third-order valence-corrected chi connectivity index (χ3v) is 12.7. The molecular formula is C58H101NO10. The zero-order chi connectivity index (χ0) is 50.4. The molecule has 1 saturated heterocycles. The maximum absolute atomic E-state index is 13.3. The Labute approximate surface area is 420 Å². The van der Waals surface area contributed by atoms with E-state index in [1.54, 1.807) is 6.08 Å². The fraction of sp³-hybridized carbons (Fsp3) is 0.759. The van der Waals surface area contributed by atoms with Gasteiger partial charge in [0.25, 0.3) is 0 Å². The fourth-order valence-corrected chi connectivity index (χ4v) is 8.24. The molecule has 1 aliphatic heterocycles. The molecule has 8 atom stereocenters. The minimum atomic E-state index is -1.62. The van der Waals surface area contributed by atoms with Crippen LogP contribution in [0.4, 0.5) is 0 Å². The Kier molecular flexibility index (Phi) is 42.9. The van der Waals surface area contributed by atoms with Crippen molar-refractivity contribution in [1.29, 1.82) is 0 Å². The van der Waals surface area contributed by atoms with E-state index < -0.39 is 67.4 Å². The van der Waals surface area contributed by atoms with Gasteiger partial charge in [-0.05, 0) is 70.6 Å². The monoisotopic (exact) mass is 972 g/mol. The average Bonchev–Trinajstić information content (AvgIpc) is 3.34. The molecule has 11 nitrogen and oxygen atoms in total. The summed E-state index contributed by atoms with van der Waals surface area (Å²) in [5, 5.41) is 56.7. The quantitative estimate of drug-likeness (QED) is 0.0149. The van der Waals surface area contributed by atoms with Gasteiger partial charge in [-0.1, -0.05) is 216 Å². The number of esters is 1. The third-order valence-electron chi connectivity index (χ3n) is 12.7. The van der Waals surface area contributed by atoms with E-state index >= 15 is 0 Å². The van der Waals surface area contributed by atoms with E-state index in [4.69, 9.17) is 14.2 Å². The number of carbonyl (C=O) groups excluding carboxylic acids is 2. The fourth-order valence-electron chi connectivity index (χ4n) is 8.24. The first-order chi connectivity index (χ1) is 33.7. The molecule has 69 heavy (non-hydrogen) atoms. The largest absolute Gasteiger partial charge is 0.454 e. The second-order valence-electron chi connectivity index (χ2n) is 19.0. The first kappa shape index (κ1) is 64.1. The Morgan fingerprint density at radius 1 is 0.580 bits per heavy atom. The number of hydrogen-bond donors (Lipinski definition) is 6. The van der Waals surface area contributed by atoms with Crippen LogP contribution in [0.15, 0.2) is 72.9 Å². The van der Waals surface area contributed by atoms with Crippen molar-refractivity contribution >= 4 is 11.9 Å². The molecule has 0 saturated carbocycles. The first-order valence-electron chi connectivity index (χ1n) is 27.8.